The van der Waals surface area contributed by atoms with Gasteiger partial charge in [-0.05, 0) is 37.1 Å². The molecule has 1 unspecified atom stereocenters. The van der Waals surface area contributed by atoms with Crippen LogP contribution < -0.4 is 15.2 Å². The number of nitrogens with two attached hydrogens (primary N) is 1. The van der Waals surface area contributed by atoms with Gasteiger partial charge in [0, 0.05) is 10.9 Å². The van der Waals surface area contributed by atoms with E-state index >= 15 is 0 Å². The molecule has 0 bridgehead atoms. The van der Waals surface area contributed by atoms with E-state index < -0.39 is 0 Å². The van der Waals surface area contributed by atoms with Crippen LogP contribution in [0.25, 0.3) is 0 Å². The summed E-state index contributed by atoms with van der Waals surface area (Å²) in [4.78, 5) is 5.82. The number of aromatic nitrogens is 1. The van der Waals surface area contributed by atoms with Crippen molar-refractivity contribution in [2.45, 2.75) is 39.3 Å². The van der Waals surface area contributed by atoms with Gasteiger partial charge in [0.05, 0.1) is 12.8 Å². The first kappa shape index (κ1) is 15.8. The largest absolute Gasteiger partial charge is 0.497 e. The highest BCUT2D eigenvalue weighted by molar-refractivity contribution is 7.11. The Labute approximate surface area is 129 Å². The van der Waals surface area contributed by atoms with Gasteiger partial charge < -0.3 is 15.2 Å². The summed E-state index contributed by atoms with van der Waals surface area (Å²) in [6.45, 7) is 6.72. The van der Waals surface area contributed by atoms with Gasteiger partial charge in [-0.2, -0.15) is 0 Å². The molecule has 0 saturated heterocycles. The third kappa shape index (κ3) is 3.95. The molecular weight excluding hydrogens is 284 g/mol. The number of hydrogen-bond acceptors (Lipinski definition) is 5. The SMILES string of the molecule is COc1ccc(OCc2nc(C(C)C)c(C(C)N)s2)cc1. The van der Waals surface area contributed by atoms with Crippen LogP contribution in [-0.2, 0) is 6.61 Å². The maximum Gasteiger partial charge on any atom is 0.140 e. The van der Waals surface area contributed by atoms with Gasteiger partial charge >= 0.3 is 0 Å². The van der Waals surface area contributed by atoms with Crippen molar-refractivity contribution in [1.29, 1.82) is 0 Å². The highest BCUT2D eigenvalue weighted by Gasteiger charge is 2.17. The summed E-state index contributed by atoms with van der Waals surface area (Å²) in [5.41, 5.74) is 7.11. The summed E-state index contributed by atoms with van der Waals surface area (Å²) in [6, 6.07) is 7.55. The summed E-state index contributed by atoms with van der Waals surface area (Å²) < 4.78 is 10.9. The summed E-state index contributed by atoms with van der Waals surface area (Å²) in [5, 5.41) is 0.960. The molecule has 0 aliphatic rings. The van der Waals surface area contributed by atoms with Crippen molar-refractivity contribution in [1.82, 2.24) is 4.98 Å². The highest BCUT2D eigenvalue weighted by atomic mass is 32.1. The van der Waals surface area contributed by atoms with E-state index in [4.69, 9.17) is 15.2 Å². The Morgan fingerprint density at radius 1 is 1.14 bits per heavy atom. The minimum Gasteiger partial charge on any atom is -0.497 e. The molecule has 0 spiro atoms. The van der Waals surface area contributed by atoms with Crippen LogP contribution in [0.1, 0.15) is 48.3 Å². The molecule has 21 heavy (non-hydrogen) atoms. The van der Waals surface area contributed by atoms with Crippen molar-refractivity contribution in [3.8, 4) is 11.5 Å². The molecule has 0 amide bonds. The van der Waals surface area contributed by atoms with Crippen molar-refractivity contribution < 1.29 is 9.47 Å². The molecular formula is C16H22N2O2S. The lowest BCUT2D eigenvalue weighted by Crippen LogP contribution is -2.06. The van der Waals surface area contributed by atoms with Crippen molar-refractivity contribution in [2.75, 3.05) is 7.11 Å². The molecule has 0 saturated carbocycles. The fourth-order valence-electron chi connectivity index (χ4n) is 2.01. The first-order valence-corrected chi connectivity index (χ1v) is 7.84. The fourth-order valence-corrected chi connectivity index (χ4v) is 3.10. The first-order chi connectivity index (χ1) is 10.0. The van der Waals surface area contributed by atoms with E-state index in [9.17, 15) is 0 Å². The van der Waals surface area contributed by atoms with Gasteiger partial charge in [-0.15, -0.1) is 11.3 Å². The van der Waals surface area contributed by atoms with Crippen LogP contribution >= 0.6 is 11.3 Å². The molecule has 0 radical (unpaired) electrons. The molecule has 1 aromatic carbocycles. The lowest BCUT2D eigenvalue weighted by Gasteiger charge is -2.07. The molecule has 0 fully saturated rings. The van der Waals surface area contributed by atoms with E-state index in [1.54, 1.807) is 18.4 Å². The minimum atomic E-state index is 0.00892. The molecule has 1 atom stereocenters. The number of ether oxygens (including phenoxy) is 2. The molecule has 2 aromatic rings. The molecule has 2 rings (SSSR count). The number of thiazole rings is 1. The number of methoxy groups -OCH3 is 1. The van der Waals surface area contributed by atoms with Gasteiger partial charge in [0.25, 0.3) is 0 Å². The zero-order valence-corrected chi connectivity index (χ0v) is 13.7. The third-order valence-corrected chi connectivity index (χ3v) is 4.35. The topological polar surface area (TPSA) is 57.4 Å². The van der Waals surface area contributed by atoms with Crippen LogP contribution in [-0.4, -0.2) is 12.1 Å². The Kier molecular flexibility index (Phi) is 5.20. The molecule has 4 nitrogen and oxygen atoms in total. The molecule has 0 aliphatic heterocycles. The third-order valence-electron chi connectivity index (χ3n) is 3.11. The molecule has 2 N–H and O–H groups in total. The van der Waals surface area contributed by atoms with Crippen molar-refractivity contribution >= 4 is 11.3 Å². The van der Waals surface area contributed by atoms with Crippen LogP contribution in [0.4, 0.5) is 0 Å². The molecule has 1 heterocycles. The van der Waals surface area contributed by atoms with Gasteiger partial charge in [0.2, 0.25) is 0 Å². The number of hydrogen-bond donors (Lipinski definition) is 1. The van der Waals surface area contributed by atoms with E-state index in [1.807, 2.05) is 31.2 Å². The second kappa shape index (κ2) is 6.91. The minimum absolute atomic E-state index is 0.00892. The van der Waals surface area contributed by atoms with E-state index in [1.165, 1.54) is 0 Å². The summed E-state index contributed by atoms with van der Waals surface area (Å²) in [6.07, 6.45) is 0. The number of nitrogens with zero attached hydrogens (tertiary/aromatic N) is 1. The van der Waals surface area contributed by atoms with Crippen molar-refractivity contribution in [3.63, 3.8) is 0 Å². The Hall–Kier alpha value is -1.59. The van der Waals surface area contributed by atoms with Crippen molar-refractivity contribution in [2.24, 2.45) is 5.73 Å². The fraction of sp³-hybridized carbons (Fsp3) is 0.438. The van der Waals surface area contributed by atoms with E-state index in [0.29, 0.717) is 12.5 Å². The first-order valence-electron chi connectivity index (χ1n) is 7.03. The standard InChI is InChI=1S/C16H22N2O2S/c1-10(2)15-16(11(3)17)21-14(18-15)9-20-13-7-5-12(19-4)6-8-13/h5-8,10-11H,9,17H2,1-4H3. The Morgan fingerprint density at radius 3 is 2.24 bits per heavy atom. The van der Waals surface area contributed by atoms with Crippen LogP contribution in [0.15, 0.2) is 24.3 Å². The maximum atomic E-state index is 6.02. The van der Waals surface area contributed by atoms with E-state index in [-0.39, 0.29) is 6.04 Å². The van der Waals surface area contributed by atoms with Crippen LogP contribution in [0.3, 0.4) is 0 Å². The van der Waals surface area contributed by atoms with Crippen molar-refractivity contribution in [3.05, 3.63) is 39.8 Å². The van der Waals surface area contributed by atoms with Crippen LogP contribution in [0, 0.1) is 0 Å². The smallest absolute Gasteiger partial charge is 0.140 e. The maximum absolute atomic E-state index is 6.02. The van der Waals surface area contributed by atoms with E-state index in [2.05, 4.69) is 18.8 Å². The quantitative estimate of drug-likeness (QED) is 0.880. The monoisotopic (exact) mass is 306 g/mol. The zero-order valence-electron chi connectivity index (χ0n) is 12.9. The van der Waals surface area contributed by atoms with Gasteiger partial charge in [-0.3, -0.25) is 0 Å². The summed E-state index contributed by atoms with van der Waals surface area (Å²) in [7, 11) is 1.65. The van der Waals surface area contributed by atoms with Gasteiger partial charge in [-0.25, -0.2) is 4.98 Å². The molecule has 5 heteroatoms. The van der Waals surface area contributed by atoms with Gasteiger partial charge in [0.15, 0.2) is 0 Å². The summed E-state index contributed by atoms with van der Waals surface area (Å²) >= 11 is 1.64. The average molecular weight is 306 g/mol. The summed E-state index contributed by atoms with van der Waals surface area (Å²) in [5.74, 6) is 1.99. The predicted octanol–water partition coefficient (Wildman–Crippen LogP) is 3.87. The van der Waals surface area contributed by atoms with Gasteiger partial charge in [0.1, 0.15) is 23.1 Å². The Balaban J connectivity index is 2.07. The van der Waals surface area contributed by atoms with Crippen LogP contribution in [0.2, 0.25) is 0 Å². The number of benzene rings is 1. The van der Waals surface area contributed by atoms with Crippen LogP contribution in [0.5, 0.6) is 11.5 Å². The zero-order chi connectivity index (χ0) is 15.4. The second-order valence-corrected chi connectivity index (χ2v) is 6.38. The van der Waals surface area contributed by atoms with Gasteiger partial charge in [-0.1, -0.05) is 13.8 Å². The molecule has 114 valence electrons. The Morgan fingerprint density at radius 2 is 1.76 bits per heavy atom. The normalized spacial score (nSPS) is 12.5. The highest BCUT2D eigenvalue weighted by Crippen LogP contribution is 2.30. The lowest BCUT2D eigenvalue weighted by atomic mass is 10.1. The molecule has 0 aliphatic carbocycles. The second-order valence-electron chi connectivity index (χ2n) is 5.26. The Bertz CT molecular complexity index is 551. The molecule has 1 aromatic heterocycles. The van der Waals surface area contributed by atoms with E-state index in [0.717, 1.165) is 27.1 Å². The lowest BCUT2D eigenvalue weighted by molar-refractivity contribution is 0.304. The predicted molar refractivity (Wildman–Crippen MR) is 86.1 cm³/mol. The average Bonchev–Trinajstić information content (AvgIpc) is 2.90. The number of rotatable bonds is 6.